The van der Waals surface area contributed by atoms with Gasteiger partial charge >= 0.3 is 0 Å². The van der Waals surface area contributed by atoms with E-state index in [1.54, 1.807) is 0 Å². The van der Waals surface area contributed by atoms with Gasteiger partial charge in [0.2, 0.25) is 5.95 Å². The Morgan fingerprint density at radius 3 is 2.78 bits per heavy atom. The summed E-state index contributed by atoms with van der Waals surface area (Å²) in [5, 5.41) is 0. The summed E-state index contributed by atoms with van der Waals surface area (Å²) >= 11 is 0. The maximum Gasteiger partial charge on any atom is 0.224 e. The van der Waals surface area contributed by atoms with E-state index in [1.165, 1.54) is 24.3 Å². The zero-order chi connectivity index (χ0) is 12.9. The molecule has 2 atom stereocenters. The van der Waals surface area contributed by atoms with Crippen LogP contribution in [0.1, 0.15) is 31.0 Å². The smallest absolute Gasteiger partial charge is 0.224 e. The Morgan fingerprint density at radius 1 is 1.33 bits per heavy atom. The van der Waals surface area contributed by atoms with Gasteiger partial charge in [-0.2, -0.15) is 0 Å². The third-order valence-corrected chi connectivity index (χ3v) is 4.34. The van der Waals surface area contributed by atoms with Crippen LogP contribution in [0.3, 0.4) is 0 Å². The van der Waals surface area contributed by atoms with Gasteiger partial charge in [0.05, 0.1) is 0 Å². The molecular weight excluding hydrogens is 224 g/mol. The Bertz CT molecular complexity index is 455. The van der Waals surface area contributed by atoms with Gasteiger partial charge in [-0.3, -0.25) is 0 Å². The van der Waals surface area contributed by atoms with Crippen LogP contribution in [0.2, 0.25) is 0 Å². The lowest BCUT2D eigenvalue weighted by atomic mass is 9.98. The lowest BCUT2D eigenvalue weighted by Gasteiger charge is -2.21. The van der Waals surface area contributed by atoms with Crippen molar-refractivity contribution in [3.63, 3.8) is 0 Å². The summed E-state index contributed by atoms with van der Waals surface area (Å²) in [6.07, 6.45) is 3.19. The number of nitrogens with zero attached hydrogens (tertiary/aromatic N) is 4. The summed E-state index contributed by atoms with van der Waals surface area (Å²) in [6, 6.07) is 0.654. The maximum atomic E-state index is 4.70. The van der Waals surface area contributed by atoms with Crippen molar-refractivity contribution in [2.24, 2.45) is 5.92 Å². The van der Waals surface area contributed by atoms with E-state index >= 15 is 0 Å². The largest absolute Gasteiger partial charge is 0.347 e. The first kappa shape index (κ1) is 11.9. The fourth-order valence-corrected chi connectivity index (χ4v) is 3.24. The van der Waals surface area contributed by atoms with E-state index in [-0.39, 0.29) is 0 Å². The van der Waals surface area contributed by atoms with Crippen LogP contribution < -0.4 is 4.90 Å². The molecule has 3 rings (SSSR count). The number of hydrogen-bond acceptors (Lipinski definition) is 4. The summed E-state index contributed by atoms with van der Waals surface area (Å²) in [5.74, 6) is 2.27. The van der Waals surface area contributed by atoms with Gasteiger partial charge in [-0.15, -0.1) is 0 Å². The molecular formula is C14H22N4. The zero-order valence-electron chi connectivity index (χ0n) is 11.7. The first-order valence-electron chi connectivity index (χ1n) is 6.83. The molecule has 0 bridgehead atoms. The van der Waals surface area contributed by atoms with Crippen LogP contribution in [0.4, 0.5) is 5.95 Å². The monoisotopic (exact) mass is 246 g/mol. The highest BCUT2D eigenvalue weighted by atomic mass is 15.2. The summed E-state index contributed by atoms with van der Waals surface area (Å²) < 4.78 is 0. The molecule has 0 radical (unpaired) electrons. The standard InChI is InChI=1S/C14H22N4/c1-9(2)18-7-10-5-13-11(12(10)8-18)6-15-14(16-13)17(3)4/h6,9-10,12H,5,7-8H2,1-4H3/t10-,12+/m0/s1. The predicted molar refractivity (Wildman–Crippen MR) is 73.0 cm³/mol. The minimum Gasteiger partial charge on any atom is -0.347 e. The number of likely N-dealkylation sites (tertiary alicyclic amines) is 1. The second-order valence-corrected chi connectivity index (χ2v) is 6.08. The number of anilines is 1. The molecule has 1 aliphatic heterocycles. The molecule has 98 valence electrons. The Labute approximate surface area is 109 Å². The maximum absolute atomic E-state index is 4.70. The molecule has 0 amide bonds. The van der Waals surface area contributed by atoms with Crippen molar-refractivity contribution in [2.75, 3.05) is 32.1 Å². The highest BCUT2D eigenvalue weighted by molar-refractivity contribution is 5.37. The molecule has 1 aromatic rings. The van der Waals surface area contributed by atoms with Crippen LogP contribution in [0, 0.1) is 5.92 Å². The first-order chi connectivity index (χ1) is 8.56. The molecule has 0 N–H and O–H groups in total. The number of aromatic nitrogens is 2. The molecule has 1 saturated heterocycles. The minimum absolute atomic E-state index is 0.654. The van der Waals surface area contributed by atoms with Gasteiger partial charge in [0.15, 0.2) is 0 Å². The lowest BCUT2D eigenvalue weighted by Crippen LogP contribution is -2.29. The van der Waals surface area contributed by atoms with Crippen LogP contribution in [-0.4, -0.2) is 48.1 Å². The number of rotatable bonds is 2. The Hall–Kier alpha value is -1.16. The van der Waals surface area contributed by atoms with Crippen LogP contribution in [0.15, 0.2) is 6.20 Å². The van der Waals surface area contributed by atoms with Crippen molar-refractivity contribution in [3.8, 4) is 0 Å². The van der Waals surface area contributed by atoms with Crippen molar-refractivity contribution >= 4 is 5.95 Å². The Balaban J connectivity index is 1.86. The highest BCUT2D eigenvalue weighted by Crippen LogP contribution is 2.42. The van der Waals surface area contributed by atoms with Crippen molar-refractivity contribution < 1.29 is 0 Å². The molecule has 1 aromatic heterocycles. The van der Waals surface area contributed by atoms with E-state index in [4.69, 9.17) is 4.98 Å². The van der Waals surface area contributed by atoms with Crippen LogP contribution in [0.5, 0.6) is 0 Å². The summed E-state index contributed by atoms with van der Waals surface area (Å²) in [5.41, 5.74) is 2.68. The van der Waals surface area contributed by atoms with E-state index in [1.807, 2.05) is 19.0 Å². The molecule has 4 nitrogen and oxygen atoms in total. The van der Waals surface area contributed by atoms with Gasteiger partial charge in [-0.05, 0) is 31.7 Å². The average molecular weight is 246 g/mol. The topological polar surface area (TPSA) is 32.3 Å². The second-order valence-electron chi connectivity index (χ2n) is 6.08. The van der Waals surface area contributed by atoms with Crippen molar-refractivity contribution in [1.82, 2.24) is 14.9 Å². The fraction of sp³-hybridized carbons (Fsp3) is 0.714. The molecule has 4 heteroatoms. The molecule has 1 aliphatic carbocycles. The first-order valence-corrected chi connectivity index (χ1v) is 6.83. The van der Waals surface area contributed by atoms with Gasteiger partial charge in [0.25, 0.3) is 0 Å². The summed E-state index contributed by atoms with van der Waals surface area (Å²) in [6.45, 7) is 6.97. The van der Waals surface area contributed by atoms with Gasteiger partial charge in [0.1, 0.15) is 0 Å². The van der Waals surface area contributed by atoms with Crippen LogP contribution in [-0.2, 0) is 6.42 Å². The molecule has 0 unspecified atom stereocenters. The molecule has 2 aliphatic rings. The summed E-state index contributed by atoms with van der Waals surface area (Å²) in [4.78, 5) is 13.7. The molecule has 1 fully saturated rings. The van der Waals surface area contributed by atoms with Gasteiger partial charge in [0, 0.05) is 51.0 Å². The lowest BCUT2D eigenvalue weighted by molar-refractivity contribution is 0.262. The van der Waals surface area contributed by atoms with Gasteiger partial charge < -0.3 is 9.80 Å². The minimum atomic E-state index is 0.654. The molecule has 2 heterocycles. The van der Waals surface area contributed by atoms with E-state index in [0.717, 1.165) is 18.3 Å². The Morgan fingerprint density at radius 2 is 2.11 bits per heavy atom. The third kappa shape index (κ3) is 1.79. The van der Waals surface area contributed by atoms with Crippen LogP contribution in [0.25, 0.3) is 0 Å². The number of hydrogen-bond donors (Lipinski definition) is 0. The predicted octanol–water partition coefficient (Wildman–Crippen LogP) is 1.52. The third-order valence-electron chi connectivity index (χ3n) is 4.34. The zero-order valence-corrected chi connectivity index (χ0v) is 11.7. The quantitative estimate of drug-likeness (QED) is 0.792. The molecule has 18 heavy (non-hydrogen) atoms. The van der Waals surface area contributed by atoms with E-state index in [9.17, 15) is 0 Å². The fourth-order valence-electron chi connectivity index (χ4n) is 3.24. The molecule has 0 spiro atoms. The van der Waals surface area contributed by atoms with Crippen molar-refractivity contribution in [3.05, 3.63) is 17.5 Å². The van der Waals surface area contributed by atoms with Crippen molar-refractivity contribution in [1.29, 1.82) is 0 Å². The van der Waals surface area contributed by atoms with Crippen LogP contribution >= 0.6 is 0 Å². The van der Waals surface area contributed by atoms with Gasteiger partial charge in [-0.1, -0.05) is 0 Å². The normalized spacial score (nSPS) is 26.5. The Kier molecular flexibility index (Phi) is 2.77. The molecule has 0 saturated carbocycles. The SMILES string of the molecule is CC(C)N1C[C@@H]2Cc3nc(N(C)C)ncc3[C@@H]2C1. The molecule has 0 aromatic carbocycles. The summed E-state index contributed by atoms with van der Waals surface area (Å²) in [7, 11) is 4.00. The van der Waals surface area contributed by atoms with E-state index < -0.39 is 0 Å². The average Bonchev–Trinajstić information content (AvgIpc) is 2.84. The highest BCUT2D eigenvalue weighted by Gasteiger charge is 2.41. The number of fused-ring (bicyclic) bond motifs is 3. The van der Waals surface area contributed by atoms with Gasteiger partial charge in [-0.25, -0.2) is 9.97 Å². The van der Waals surface area contributed by atoms with E-state index in [2.05, 4.69) is 29.9 Å². The van der Waals surface area contributed by atoms with E-state index in [0.29, 0.717) is 12.0 Å². The van der Waals surface area contributed by atoms with Crippen molar-refractivity contribution in [2.45, 2.75) is 32.2 Å². The second kappa shape index (κ2) is 4.19.